The number of para-hydroxylation sites is 1. The number of carbonyl (C=O) groups is 1. The Morgan fingerprint density at radius 2 is 2.14 bits per heavy atom. The van der Waals surface area contributed by atoms with E-state index >= 15 is 0 Å². The van der Waals surface area contributed by atoms with Gasteiger partial charge in [0.1, 0.15) is 11.4 Å². The third-order valence-corrected chi connectivity index (χ3v) is 7.98. The molecule has 144 valence electrons. The van der Waals surface area contributed by atoms with Crippen molar-refractivity contribution in [1.29, 1.82) is 0 Å². The van der Waals surface area contributed by atoms with Gasteiger partial charge in [0.15, 0.2) is 0 Å². The Labute approximate surface area is 171 Å². The third-order valence-electron chi connectivity index (χ3n) is 5.54. The normalized spacial score (nSPS) is 18.8. The zero-order chi connectivity index (χ0) is 19.3. The van der Waals surface area contributed by atoms with Crippen molar-refractivity contribution in [3.63, 3.8) is 0 Å². The van der Waals surface area contributed by atoms with Gasteiger partial charge in [0.2, 0.25) is 5.91 Å². The van der Waals surface area contributed by atoms with Gasteiger partial charge in [-0.2, -0.15) is 0 Å². The molecule has 3 aromatic rings. The minimum Gasteiger partial charge on any atom is -0.310 e. The number of hydrogen-bond acceptors (Lipinski definition) is 5. The summed E-state index contributed by atoms with van der Waals surface area (Å²) in [5, 5.41) is 1.18. The first-order chi connectivity index (χ1) is 13.6. The van der Waals surface area contributed by atoms with Crippen LogP contribution in [0, 0.1) is 0 Å². The number of fused-ring (bicyclic) bond motifs is 4. The van der Waals surface area contributed by atoms with Crippen LogP contribution >= 0.6 is 23.1 Å². The maximum Gasteiger partial charge on any atom is 0.262 e. The quantitative estimate of drug-likeness (QED) is 0.642. The van der Waals surface area contributed by atoms with Gasteiger partial charge in [-0.25, -0.2) is 4.98 Å². The van der Waals surface area contributed by atoms with Crippen molar-refractivity contribution in [2.24, 2.45) is 0 Å². The van der Waals surface area contributed by atoms with E-state index in [0.29, 0.717) is 11.8 Å². The smallest absolute Gasteiger partial charge is 0.262 e. The molecule has 0 N–H and O–H groups in total. The summed E-state index contributed by atoms with van der Waals surface area (Å²) >= 11 is 3.43. The monoisotopic (exact) mass is 411 g/mol. The van der Waals surface area contributed by atoms with Crippen LogP contribution in [0.5, 0.6) is 0 Å². The average Bonchev–Trinajstić information content (AvgIpc) is 3.21. The molecule has 0 bridgehead atoms. The number of hydrogen-bond donors (Lipinski definition) is 0. The highest BCUT2D eigenvalue weighted by Gasteiger charge is 2.26. The number of rotatable bonds is 2. The van der Waals surface area contributed by atoms with E-state index < -0.39 is 0 Å². The van der Waals surface area contributed by atoms with Crippen LogP contribution in [0.4, 0.5) is 5.69 Å². The molecule has 2 aliphatic rings. The molecule has 0 saturated carbocycles. The lowest BCUT2D eigenvalue weighted by atomic mass is 10.2. The number of aryl methyl sites for hydroxylation is 2. The van der Waals surface area contributed by atoms with Crippen LogP contribution in [-0.2, 0) is 24.2 Å². The Balaban J connectivity index is 1.49. The van der Waals surface area contributed by atoms with Crippen LogP contribution in [0.15, 0.2) is 40.3 Å². The van der Waals surface area contributed by atoms with E-state index in [0.717, 1.165) is 52.0 Å². The summed E-state index contributed by atoms with van der Waals surface area (Å²) in [6, 6.07) is 8.03. The molecule has 0 radical (unpaired) electrons. The lowest BCUT2D eigenvalue weighted by molar-refractivity contribution is -0.119. The van der Waals surface area contributed by atoms with E-state index in [-0.39, 0.29) is 18.0 Å². The lowest BCUT2D eigenvalue weighted by Gasteiger charge is -2.22. The highest BCUT2D eigenvalue weighted by Crippen LogP contribution is 2.37. The van der Waals surface area contributed by atoms with E-state index in [1.54, 1.807) is 23.1 Å². The molecule has 1 atom stereocenters. The van der Waals surface area contributed by atoms with Crippen molar-refractivity contribution >= 4 is 44.9 Å². The van der Waals surface area contributed by atoms with Gasteiger partial charge in [-0.3, -0.25) is 14.2 Å². The molecule has 3 heterocycles. The van der Waals surface area contributed by atoms with E-state index in [1.807, 2.05) is 23.1 Å². The van der Waals surface area contributed by atoms with Crippen LogP contribution in [0.3, 0.4) is 0 Å². The minimum absolute atomic E-state index is 0.0276. The topological polar surface area (TPSA) is 55.2 Å². The van der Waals surface area contributed by atoms with Gasteiger partial charge >= 0.3 is 0 Å². The van der Waals surface area contributed by atoms with Crippen molar-refractivity contribution in [3.05, 3.63) is 51.4 Å². The molecule has 1 aromatic carbocycles. The number of thioether (sulfide) groups is 1. The van der Waals surface area contributed by atoms with Gasteiger partial charge in [0, 0.05) is 21.6 Å². The number of carbonyl (C=O) groups excluding carboxylic acids is 1. The largest absolute Gasteiger partial charge is 0.310 e. The van der Waals surface area contributed by atoms with Crippen LogP contribution in [0.25, 0.3) is 10.2 Å². The van der Waals surface area contributed by atoms with Crippen molar-refractivity contribution in [2.75, 3.05) is 11.4 Å². The molecule has 5 rings (SSSR count). The second-order valence-electron chi connectivity index (χ2n) is 7.45. The maximum absolute atomic E-state index is 13.2. The van der Waals surface area contributed by atoms with Gasteiger partial charge in [0.05, 0.1) is 17.4 Å². The van der Waals surface area contributed by atoms with E-state index in [2.05, 4.69) is 18.0 Å². The summed E-state index contributed by atoms with van der Waals surface area (Å²) in [4.78, 5) is 35.8. The minimum atomic E-state index is -0.0800. The predicted octanol–water partition coefficient (Wildman–Crippen LogP) is 3.86. The highest BCUT2D eigenvalue weighted by atomic mass is 32.2. The fourth-order valence-electron chi connectivity index (χ4n) is 4.11. The van der Waals surface area contributed by atoms with Gasteiger partial charge in [-0.05, 0) is 43.4 Å². The first-order valence-electron chi connectivity index (χ1n) is 9.67. The third kappa shape index (κ3) is 2.97. The molecule has 5 nitrogen and oxygen atoms in total. The summed E-state index contributed by atoms with van der Waals surface area (Å²) in [6.45, 7) is 2.89. The Bertz CT molecular complexity index is 1130. The number of amides is 1. The van der Waals surface area contributed by atoms with E-state index in [1.165, 1.54) is 15.8 Å². The Morgan fingerprint density at radius 3 is 3.04 bits per heavy atom. The van der Waals surface area contributed by atoms with Crippen molar-refractivity contribution < 1.29 is 4.79 Å². The van der Waals surface area contributed by atoms with Crippen LogP contribution in [0.2, 0.25) is 0 Å². The van der Waals surface area contributed by atoms with E-state index in [4.69, 9.17) is 0 Å². The molecule has 1 aliphatic carbocycles. The number of thiophene rings is 1. The van der Waals surface area contributed by atoms with Crippen molar-refractivity contribution in [1.82, 2.24) is 9.55 Å². The Morgan fingerprint density at radius 1 is 1.29 bits per heavy atom. The molecular formula is C21H21N3O2S2. The van der Waals surface area contributed by atoms with Gasteiger partial charge in [-0.15, -0.1) is 23.1 Å². The van der Waals surface area contributed by atoms with Gasteiger partial charge in [0.25, 0.3) is 5.56 Å². The van der Waals surface area contributed by atoms with Crippen LogP contribution in [-0.4, -0.2) is 27.3 Å². The molecule has 0 spiro atoms. The van der Waals surface area contributed by atoms with Crippen LogP contribution in [0.1, 0.15) is 30.2 Å². The predicted molar refractivity (Wildman–Crippen MR) is 115 cm³/mol. The second kappa shape index (κ2) is 7.04. The van der Waals surface area contributed by atoms with E-state index in [9.17, 15) is 9.59 Å². The summed E-state index contributed by atoms with van der Waals surface area (Å²) in [5.41, 5.74) is 2.02. The summed E-state index contributed by atoms with van der Waals surface area (Å²) < 4.78 is 1.49. The zero-order valence-electron chi connectivity index (χ0n) is 15.7. The number of benzene rings is 1. The molecule has 1 amide bonds. The second-order valence-corrected chi connectivity index (χ2v) is 10.0. The molecule has 7 heteroatoms. The molecule has 28 heavy (non-hydrogen) atoms. The molecule has 0 saturated heterocycles. The molecule has 0 fully saturated rings. The standard InChI is InChI=1S/C21H21N3O2S2/c1-13-9-10-24(15-6-2-3-7-17(15)27-13)18(25)11-23-12-22-20-19(21(23)26)14-5-4-8-16(14)28-20/h2-3,6-7,12-13H,4-5,8-11H2,1H3/t13-/m0/s1. The highest BCUT2D eigenvalue weighted by molar-refractivity contribution is 8.00. The molecule has 2 aromatic heterocycles. The zero-order valence-corrected chi connectivity index (χ0v) is 17.3. The number of nitrogens with zero attached hydrogens (tertiary/aromatic N) is 3. The average molecular weight is 412 g/mol. The van der Waals surface area contributed by atoms with Gasteiger partial charge < -0.3 is 4.90 Å². The van der Waals surface area contributed by atoms with Crippen molar-refractivity contribution in [2.45, 2.75) is 49.3 Å². The number of anilines is 1. The summed E-state index contributed by atoms with van der Waals surface area (Å²) in [6.07, 6.45) is 5.55. The fourth-order valence-corrected chi connectivity index (χ4v) is 6.44. The Kier molecular flexibility index (Phi) is 4.51. The lowest BCUT2D eigenvalue weighted by Crippen LogP contribution is -2.37. The van der Waals surface area contributed by atoms with Gasteiger partial charge in [-0.1, -0.05) is 19.1 Å². The first-order valence-corrected chi connectivity index (χ1v) is 11.4. The molecular weight excluding hydrogens is 390 g/mol. The Hall–Kier alpha value is -2.12. The first kappa shape index (κ1) is 17.9. The molecule has 1 aliphatic heterocycles. The van der Waals surface area contributed by atoms with Crippen LogP contribution < -0.4 is 10.5 Å². The molecule has 0 unspecified atom stereocenters. The van der Waals surface area contributed by atoms with Crippen molar-refractivity contribution in [3.8, 4) is 0 Å². The summed E-state index contributed by atoms with van der Waals surface area (Å²) in [7, 11) is 0. The fraction of sp³-hybridized carbons (Fsp3) is 0.381. The SMILES string of the molecule is C[C@H]1CCN(C(=O)Cn2cnc3sc4c(c3c2=O)CCC4)c2ccccc2S1. The maximum atomic E-state index is 13.2. The number of aromatic nitrogens is 2. The summed E-state index contributed by atoms with van der Waals surface area (Å²) in [5.74, 6) is -0.0581.